The van der Waals surface area contributed by atoms with Crippen LogP contribution in [0.2, 0.25) is 0 Å². The van der Waals surface area contributed by atoms with Crippen molar-refractivity contribution in [1.29, 1.82) is 0 Å². The number of carboxylic acids is 1. The molecule has 2 aromatic carbocycles. The van der Waals surface area contributed by atoms with E-state index in [-0.39, 0.29) is 52.6 Å². The molecule has 168 valence electrons. The first-order valence-electron chi connectivity index (χ1n) is 9.72. The van der Waals surface area contributed by atoms with Crippen LogP contribution in [0, 0.1) is 0 Å². The number of hydrogen-bond acceptors (Lipinski definition) is 9. The Labute approximate surface area is 180 Å². The Bertz CT molecular complexity index is 1250. The average molecular weight is 444 g/mol. The highest BCUT2D eigenvalue weighted by Crippen LogP contribution is 2.40. The molecular weight excluding hydrogens is 424 g/mol. The van der Waals surface area contributed by atoms with Gasteiger partial charge in [-0.1, -0.05) is 0 Å². The first-order valence-corrected chi connectivity index (χ1v) is 9.72. The highest BCUT2D eigenvalue weighted by atomic mass is 16.7. The third kappa shape index (κ3) is 3.54. The van der Waals surface area contributed by atoms with E-state index in [0.29, 0.717) is 12.8 Å². The molecule has 0 spiro atoms. The van der Waals surface area contributed by atoms with E-state index >= 15 is 0 Å². The molecule has 0 amide bonds. The van der Waals surface area contributed by atoms with E-state index in [9.17, 15) is 30.0 Å². The summed E-state index contributed by atoms with van der Waals surface area (Å²) >= 11 is 0. The Morgan fingerprint density at radius 3 is 2.53 bits per heavy atom. The highest BCUT2D eigenvalue weighted by molar-refractivity contribution is 5.88. The monoisotopic (exact) mass is 444 g/mol. The molecule has 1 fully saturated rings. The summed E-state index contributed by atoms with van der Waals surface area (Å²) in [5.41, 5.74) is -0.901. The maximum absolute atomic E-state index is 12.6. The van der Waals surface area contributed by atoms with Crippen LogP contribution < -0.4 is 14.9 Å². The molecule has 0 aliphatic carbocycles. The largest absolute Gasteiger partial charge is 0.508 e. The smallest absolute Gasteiger partial charge is 0.377 e. The minimum atomic E-state index is -1.91. The fraction of sp³-hybridized carbons (Fsp3) is 0.273. The van der Waals surface area contributed by atoms with Crippen molar-refractivity contribution in [3.05, 3.63) is 40.6 Å². The van der Waals surface area contributed by atoms with Gasteiger partial charge in [0.2, 0.25) is 11.2 Å². The fourth-order valence-electron chi connectivity index (χ4n) is 3.61. The van der Waals surface area contributed by atoms with Crippen LogP contribution in [-0.4, -0.2) is 45.9 Å². The average Bonchev–Trinajstić information content (AvgIpc) is 2.76. The molecule has 3 aromatic rings. The Morgan fingerprint density at radius 2 is 1.88 bits per heavy atom. The summed E-state index contributed by atoms with van der Waals surface area (Å²) in [5, 5.41) is 39.5. The van der Waals surface area contributed by atoms with Crippen LogP contribution in [0.25, 0.3) is 22.3 Å². The Kier molecular flexibility index (Phi) is 5.31. The van der Waals surface area contributed by atoms with E-state index in [0.717, 1.165) is 12.1 Å². The number of carbonyl (C=O) groups is 1. The van der Waals surface area contributed by atoms with Crippen LogP contribution in [0.5, 0.6) is 28.7 Å². The minimum absolute atomic E-state index is 0.00444. The zero-order chi connectivity index (χ0) is 23.0. The summed E-state index contributed by atoms with van der Waals surface area (Å²) in [4.78, 5) is 24.5. The molecular formula is C22H20O10. The van der Waals surface area contributed by atoms with E-state index in [1.165, 1.54) is 25.3 Å². The van der Waals surface area contributed by atoms with Gasteiger partial charge >= 0.3 is 11.8 Å². The lowest BCUT2D eigenvalue weighted by Gasteiger charge is -2.33. The number of phenolic OH excluding ortho intramolecular Hbond substituents is 2. The van der Waals surface area contributed by atoms with Crippen molar-refractivity contribution in [3.8, 4) is 40.1 Å². The lowest BCUT2D eigenvalue weighted by Crippen LogP contribution is -2.49. The van der Waals surface area contributed by atoms with Crippen LogP contribution in [0.15, 0.2) is 39.5 Å². The quantitative estimate of drug-likeness (QED) is 0.461. The Morgan fingerprint density at radius 1 is 1.09 bits per heavy atom. The fourth-order valence-corrected chi connectivity index (χ4v) is 3.61. The van der Waals surface area contributed by atoms with Crippen molar-refractivity contribution in [3.63, 3.8) is 0 Å². The highest BCUT2D eigenvalue weighted by Gasteiger charge is 2.45. The number of aliphatic carboxylic acids is 1. The molecule has 32 heavy (non-hydrogen) atoms. The van der Waals surface area contributed by atoms with Crippen LogP contribution in [0.3, 0.4) is 0 Å². The molecule has 1 saturated heterocycles. The molecule has 1 aliphatic rings. The SMILES string of the molecule is COc1ccc(-c2oc3cc(O)cc(O)c3c(=O)c2O)cc1OC1(C(=O)O)CCCCO1. The number of methoxy groups -OCH3 is 1. The van der Waals surface area contributed by atoms with Gasteiger partial charge in [-0.3, -0.25) is 4.79 Å². The first-order chi connectivity index (χ1) is 15.3. The van der Waals surface area contributed by atoms with E-state index in [1.54, 1.807) is 0 Å². The van der Waals surface area contributed by atoms with E-state index in [1.807, 2.05) is 0 Å². The van der Waals surface area contributed by atoms with Gasteiger partial charge in [-0.05, 0) is 31.0 Å². The van der Waals surface area contributed by atoms with Crippen LogP contribution in [0.4, 0.5) is 0 Å². The number of ether oxygens (including phenoxy) is 3. The standard InChI is InChI=1S/C22H20O10/c1-29-14-5-4-11(8-15(14)32-22(21(27)28)6-2-3-7-30-22)20-19(26)18(25)17-13(24)9-12(23)10-16(17)31-20/h4-5,8-10,23-24,26H,2-3,6-7H2,1H3,(H,27,28). The lowest BCUT2D eigenvalue weighted by molar-refractivity contribution is -0.224. The Balaban J connectivity index is 1.86. The molecule has 4 N–H and O–H groups in total. The normalized spacial score (nSPS) is 18.4. The molecule has 4 rings (SSSR count). The first kappa shape index (κ1) is 21.3. The maximum atomic E-state index is 12.6. The second-order valence-electron chi connectivity index (χ2n) is 7.28. The van der Waals surface area contributed by atoms with E-state index in [4.69, 9.17) is 18.6 Å². The summed E-state index contributed by atoms with van der Waals surface area (Å²) in [6, 6.07) is 6.33. The molecule has 10 nitrogen and oxygen atoms in total. The number of phenols is 2. The van der Waals surface area contributed by atoms with Crippen molar-refractivity contribution in [2.45, 2.75) is 25.0 Å². The topological polar surface area (TPSA) is 156 Å². The molecule has 1 atom stereocenters. The number of carboxylic acid groups (broad SMARTS) is 1. The second kappa shape index (κ2) is 7.97. The number of fused-ring (bicyclic) bond motifs is 1. The van der Waals surface area contributed by atoms with Gasteiger partial charge in [0.25, 0.3) is 0 Å². The van der Waals surface area contributed by atoms with E-state index < -0.39 is 28.7 Å². The lowest BCUT2D eigenvalue weighted by atomic mass is 10.0. The van der Waals surface area contributed by atoms with Gasteiger partial charge in [-0.15, -0.1) is 0 Å². The Hall–Kier alpha value is -3.92. The predicted molar refractivity (Wildman–Crippen MR) is 110 cm³/mol. The van der Waals surface area contributed by atoms with Gasteiger partial charge in [-0.25, -0.2) is 4.79 Å². The van der Waals surface area contributed by atoms with Gasteiger partial charge in [-0.2, -0.15) is 0 Å². The van der Waals surface area contributed by atoms with Gasteiger partial charge in [0.15, 0.2) is 17.3 Å². The van der Waals surface area contributed by atoms with Crippen LogP contribution in [0.1, 0.15) is 19.3 Å². The predicted octanol–water partition coefficient (Wildman–Crippen LogP) is 2.95. The number of rotatable bonds is 5. The molecule has 1 aromatic heterocycles. The number of aromatic hydroxyl groups is 3. The van der Waals surface area contributed by atoms with Crippen LogP contribution in [-0.2, 0) is 9.53 Å². The van der Waals surface area contributed by atoms with Crippen LogP contribution >= 0.6 is 0 Å². The van der Waals surface area contributed by atoms with E-state index in [2.05, 4.69) is 0 Å². The van der Waals surface area contributed by atoms with Gasteiger partial charge < -0.3 is 39.1 Å². The molecule has 0 radical (unpaired) electrons. The van der Waals surface area contributed by atoms with Gasteiger partial charge in [0.05, 0.1) is 13.7 Å². The van der Waals surface area contributed by atoms with Gasteiger partial charge in [0, 0.05) is 24.1 Å². The van der Waals surface area contributed by atoms with Crippen molar-refractivity contribution >= 4 is 16.9 Å². The number of benzene rings is 2. The summed E-state index contributed by atoms with van der Waals surface area (Å²) in [7, 11) is 1.37. The molecule has 1 aliphatic heterocycles. The summed E-state index contributed by atoms with van der Waals surface area (Å²) in [6.07, 6.45) is 1.40. The zero-order valence-corrected chi connectivity index (χ0v) is 17.0. The molecule has 10 heteroatoms. The number of hydrogen-bond donors (Lipinski definition) is 4. The third-order valence-corrected chi connectivity index (χ3v) is 5.20. The molecule has 0 saturated carbocycles. The summed E-state index contributed by atoms with van der Waals surface area (Å²) in [5.74, 6) is -4.95. The van der Waals surface area contributed by atoms with Crippen molar-refractivity contribution in [2.24, 2.45) is 0 Å². The molecule has 2 heterocycles. The zero-order valence-electron chi connectivity index (χ0n) is 17.0. The molecule has 1 unspecified atom stereocenters. The minimum Gasteiger partial charge on any atom is -0.508 e. The summed E-state index contributed by atoms with van der Waals surface area (Å²) in [6.45, 7) is 0.210. The van der Waals surface area contributed by atoms with Gasteiger partial charge in [0.1, 0.15) is 22.5 Å². The summed E-state index contributed by atoms with van der Waals surface area (Å²) < 4.78 is 22.1. The van der Waals surface area contributed by atoms with Crippen molar-refractivity contribution in [1.82, 2.24) is 0 Å². The maximum Gasteiger partial charge on any atom is 0.377 e. The van der Waals surface area contributed by atoms with Crippen molar-refractivity contribution in [2.75, 3.05) is 13.7 Å². The second-order valence-corrected chi connectivity index (χ2v) is 7.28. The third-order valence-electron chi connectivity index (χ3n) is 5.20. The van der Waals surface area contributed by atoms with Crippen molar-refractivity contribution < 1.29 is 43.8 Å². The molecule has 0 bridgehead atoms.